The van der Waals surface area contributed by atoms with Crippen molar-refractivity contribution in [2.75, 3.05) is 26.2 Å². The van der Waals surface area contributed by atoms with E-state index in [2.05, 4.69) is 17.1 Å². The maximum Gasteiger partial charge on any atom is 0.120 e. The molecule has 3 atom stereocenters. The minimum atomic E-state index is 0.135. The Morgan fingerprint density at radius 2 is 2.30 bits per heavy atom. The zero-order valence-electron chi connectivity index (χ0n) is 12.1. The van der Waals surface area contributed by atoms with Gasteiger partial charge in [0.2, 0.25) is 0 Å². The van der Waals surface area contributed by atoms with Gasteiger partial charge in [0.1, 0.15) is 5.75 Å². The minimum Gasteiger partial charge on any atom is -0.508 e. The van der Waals surface area contributed by atoms with Crippen LogP contribution in [-0.4, -0.2) is 48.4 Å². The fraction of sp³-hybridized carbons (Fsp3) is 0.625. The molecule has 0 amide bonds. The van der Waals surface area contributed by atoms with E-state index < -0.39 is 0 Å². The van der Waals surface area contributed by atoms with E-state index in [9.17, 15) is 5.11 Å². The molecular formula is C16H24N2O2. The highest BCUT2D eigenvalue weighted by atomic mass is 16.5. The van der Waals surface area contributed by atoms with E-state index in [-0.39, 0.29) is 12.1 Å². The molecular weight excluding hydrogens is 252 g/mol. The number of rotatable bonds is 4. The third-order valence-corrected chi connectivity index (χ3v) is 4.52. The molecule has 0 saturated carbocycles. The summed E-state index contributed by atoms with van der Waals surface area (Å²) in [7, 11) is 0. The van der Waals surface area contributed by atoms with Crippen molar-refractivity contribution in [2.24, 2.45) is 0 Å². The van der Waals surface area contributed by atoms with Crippen molar-refractivity contribution in [3.8, 4) is 5.75 Å². The third-order valence-electron chi connectivity index (χ3n) is 4.52. The van der Waals surface area contributed by atoms with Gasteiger partial charge in [-0.1, -0.05) is 18.2 Å². The highest BCUT2D eigenvalue weighted by molar-refractivity contribution is 5.34. The fourth-order valence-corrected chi connectivity index (χ4v) is 3.28. The van der Waals surface area contributed by atoms with Crippen LogP contribution >= 0.6 is 0 Å². The fourth-order valence-electron chi connectivity index (χ4n) is 3.28. The lowest BCUT2D eigenvalue weighted by Gasteiger charge is -2.35. The van der Waals surface area contributed by atoms with Crippen molar-refractivity contribution < 1.29 is 9.84 Å². The first-order valence-corrected chi connectivity index (χ1v) is 7.61. The van der Waals surface area contributed by atoms with Gasteiger partial charge in [0.15, 0.2) is 0 Å². The number of nitrogens with zero attached hydrogens (tertiary/aromatic N) is 1. The van der Waals surface area contributed by atoms with Crippen molar-refractivity contribution in [3.05, 3.63) is 29.8 Å². The zero-order chi connectivity index (χ0) is 13.9. The molecule has 2 N–H and O–H groups in total. The van der Waals surface area contributed by atoms with Gasteiger partial charge in [-0.05, 0) is 32.4 Å². The number of phenols is 1. The normalized spacial score (nSPS) is 28.2. The molecule has 0 aromatic heterocycles. The average molecular weight is 276 g/mol. The van der Waals surface area contributed by atoms with Crippen LogP contribution in [0.5, 0.6) is 5.75 Å². The molecule has 4 nitrogen and oxygen atoms in total. The van der Waals surface area contributed by atoms with Crippen molar-refractivity contribution in [3.63, 3.8) is 0 Å². The highest BCUT2D eigenvalue weighted by Crippen LogP contribution is 2.25. The summed E-state index contributed by atoms with van der Waals surface area (Å²) in [5.41, 5.74) is 0.947. The van der Waals surface area contributed by atoms with Gasteiger partial charge in [0, 0.05) is 30.7 Å². The standard InChI is InChI=1S/C16H24N2O2/c1-12(15-6-2-3-7-16(15)19)17-9-14-10-18-8-4-5-13(18)11-20-14/h2-3,6-7,12-14,17,19H,4-5,8-11H2,1H3. The number of fused-ring (bicyclic) bond motifs is 1. The number of hydrogen-bond acceptors (Lipinski definition) is 4. The number of morpholine rings is 1. The molecule has 20 heavy (non-hydrogen) atoms. The van der Waals surface area contributed by atoms with Crippen molar-refractivity contribution in [2.45, 2.75) is 38.0 Å². The Bertz CT molecular complexity index is 452. The highest BCUT2D eigenvalue weighted by Gasteiger charge is 2.32. The number of nitrogens with one attached hydrogen (secondary N) is 1. The van der Waals surface area contributed by atoms with E-state index in [4.69, 9.17) is 4.74 Å². The van der Waals surface area contributed by atoms with Crippen molar-refractivity contribution in [1.82, 2.24) is 10.2 Å². The number of benzene rings is 1. The Morgan fingerprint density at radius 1 is 1.45 bits per heavy atom. The van der Waals surface area contributed by atoms with E-state index in [1.165, 1.54) is 19.4 Å². The molecule has 2 heterocycles. The van der Waals surface area contributed by atoms with Crippen molar-refractivity contribution >= 4 is 0 Å². The van der Waals surface area contributed by atoms with Crippen LogP contribution in [0, 0.1) is 0 Å². The van der Waals surface area contributed by atoms with Crippen LogP contribution in [0.25, 0.3) is 0 Å². The first-order chi connectivity index (χ1) is 9.74. The molecule has 110 valence electrons. The molecule has 1 aromatic carbocycles. The second-order valence-electron chi connectivity index (χ2n) is 5.94. The Morgan fingerprint density at radius 3 is 3.15 bits per heavy atom. The van der Waals surface area contributed by atoms with Crippen LogP contribution < -0.4 is 5.32 Å². The SMILES string of the molecule is CC(NCC1CN2CCCC2CO1)c1ccccc1O. The molecule has 2 fully saturated rings. The Kier molecular flexibility index (Phi) is 4.24. The quantitative estimate of drug-likeness (QED) is 0.882. The van der Waals surface area contributed by atoms with Crippen LogP contribution in [0.3, 0.4) is 0 Å². The predicted molar refractivity (Wildman–Crippen MR) is 78.9 cm³/mol. The first-order valence-electron chi connectivity index (χ1n) is 7.61. The predicted octanol–water partition coefficient (Wildman–Crippen LogP) is 1.91. The molecule has 2 aliphatic rings. The summed E-state index contributed by atoms with van der Waals surface area (Å²) in [6.07, 6.45) is 2.86. The van der Waals surface area contributed by atoms with Crippen LogP contribution in [-0.2, 0) is 4.74 Å². The van der Waals surface area contributed by atoms with Crippen LogP contribution in [0.15, 0.2) is 24.3 Å². The molecule has 1 aromatic rings. The summed E-state index contributed by atoms with van der Waals surface area (Å²) < 4.78 is 5.94. The number of ether oxygens (including phenoxy) is 1. The smallest absolute Gasteiger partial charge is 0.120 e. The molecule has 0 spiro atoms. The molecule has 3 rings (SSSR count). The minimum absolute atomic E-state index is 0.135. The van der Waals surface area contributed by atoms with Crippen molar-refractivity contribution in [1.29, 1.82) is 0 Å². The summed E-state index contributed by atoms with van der Waals surface area (Å²) in [5, 5.41) is 13.3. The molecule has 3 unspecified atom stereocenters. The molecule has 0 aliphatic carbocycles. The zero-order valence-corrected chi connectivity index (χ0v) is 12.1. The van der Waals surface area contributed by atoms with Gasteiger partial charge in [0.25, 0.3) is 0 Å². The lowest BCUT2D eigenvalue weighted by Crippen LogP contribution is -2.49. The van der Waals surface area contributed by atoms with E-state index in [0.29, 0.717) is 11.8 Å². The Hall–Kier alpha value is -1.10. The summed E-state index contributed by atoms with van der Waals surface area (Å²) in [4.78, 5) is 2.56. The van der Waals surface area contributed by atoms with E-state index in [1.54, 1.807) is 6.07 Å². The average Bonchev–Trinajstić information content (AvgIpc) is 2.92. The number of aromatic hydroxyl groups is 1. The molecule has 0 radical (unpaired) electrons. The lowest BCUT2D eigenvalue weighted by molar-refractivity contribution is -0.0477. The van der Waals surface area contributed by atoms with Gasteiger partial charge in [-0.3, -0.25) is 4.90 Å². The second kappa shape index (κ2) is 6.12. The van der Waals surface area contributed by atoms with Crippen LogP contribution in [0.4, 0.5) is 0 Å². The second-order valence-corrected chi connectivity index (χ2v) is 5.94. The maximum absolute atomic E-state index is 9.86. The lowest BCUT2D eigenvalue weighted by atomic mass is 10.1. The van der Waals surface area contributed by atoms with Gasteiger partial charge < -0.3 is 15.2 Å². The van der Waals surface area contributed by atoms with E-state index >= 15 is 0 Å². The summed E-state index contributed by atoms with van der Waals surface area (Å²) >= 11 is 0. The van der Waals surface area contributed by atoms with Gasteiger partial charge >= 0.3 is 0 Å². The van der Waals surface area contributed by atoms with Gasteiger partial charge in [-0.2, -0.15) is 0 Å². The monoisotopic (exact) mass is 276 g/mol. The molecule has 0 bridgehead atoms. The number of hydrogen-bond donors (Lipinski definition) is 2. The largest absolute Gasteiger partial charge is 0.508 e. The summed E-state index contributed by atoms with van der Waals surface area (Å²) in [6, 6.07) is 8.30. The van der Waals surface area contributed by atoms with Gasteiger partial charge in [0.05, 0.1) is 12.7 Å². The number of phenolic OH excluding ortho intramolecular Hbond substituents is 1. The maximum atomic E-state index is 9.86. The van der Waals surface area contributed by atoms with E-state index in [0.717, 1.165) is 25.3 Å². The Labute approximate surface area is 120 Å². The molecule has 2 aliphatic heterocycles. The number of para-hydroxylation sites is 1. The van der Waals surface area contributed by atoms with Crippen LogP contribution in [0.1, 0.15) is 31.4 Å². The Balaban J connectivity index is 1.51. The topological polar surface area (TPSA) is 44.7 Å². The molecule has 2 saturated heterocycles. The summed E-state index contributed by atoms with van der Waals surface area (Å²) in [5.74, 6) is 0.358. The summed E-state index contributed by atoms with van der Waals surface area (Å²) in [6.45, 7) is 6.04. The van der Waals surface area contributed by atoms with Crippen LogP contribution in [0.2, 0.25) is 0 Å². The van der Waals surface area contributed by atoms with E-state index in [1.807, 2.05) is 18.2 Å². The third kappa shape index (κ3) is 2.97. The van der Waals surface area contributed by atoms with Gasteiger partial charge in [-0.25, -0.2) is 0 Å². The molecule has 4 heteroatoms. The van der Waals surface area contributed by atoms with Gasteiger partial charge in [-0.15, -0.1) is 0 Å². The first kappa shape index (κ1) is 13.9.